The van der Waals surface area contributed by atoms with E-state index >= 15 is 0 Å². The maximum Gasteiger partial charge on any atom is 0.321 e. The van der Waals surface area contributed by atoms with E-state index in [4.69, 9.17) is 0 Å². The molecule has 120 valence electrons. The Hall–Kier alpha value is -2.23. The molecule has 0 saturated carbocycles. The summed E-state index contributed by atoms with van der Waals surface area (Å²) in [4.78, 5) is 16.3. The van der Waals surface area contributed by atoms with Gasteiger partial charge in [-0.15, -0.1) is 11.8 Å². The van der Waals surface area contributed by atoms with Crippen molar-refractivity contribution >= 4 is 29.5 Å². The van der Waals surface area contributed by atoms with E-state index in [-0.39, 0.29) is 5.25 Å². The number of carboxylic acid groups (broad SMARTS) is 1. The number of aromatic nitrogens is 1. The molecule has 2 atom stereocenters. The number of allylic oxidation sites excluding steroid dienone is 1. The van der Waals surface area contributed by atoms with Crippen molar-refractivity contribution in [3.8, 4) is 6.07 Å². The van der Waals surface area contributed by atoms with Crippen LogP contribution in [0.5, 0.6) is 0 Å². The summed E-state index contributed by atoms with van der Waals surface area (Å²) in [5.74, 6) is -0.945. The Morgan fingerprint density at radius 1 is 1.33 bits per heavy atom. The summed E-state index contributed by atoms with van der Waals surface area (Å²) in [6.07, 6.45) is 2.99. The molecule has 0 spiro atoms. The first-order chi connectivity index (χ1) is 11.7. The van der Waals surface area contributed by atoms with Gasteiger partial charge in [-0.2, -0.15) is 5.26 Å². The van der Waals surface area contributed by atoms with Gasteiger partial charge in [0.2, 0.25) is 0 Å². The van der Waals surface area contributed by atoms with Crippen molar-refractivity contribution in [3.05, 3.63) is 70.8 Å². The fourth-order valence-electron chi connectivity index (χ4n) is 2.39. The van der Waals surface area contributed by atoms with Crippen LogP contribution >= 0.6 is 23.5 Å². The van der Waals surface area contributed by atoms with Crippen molar-refractivity contribution in [2.24, 2.45) is 0 Å². The number of nitrogens with zero attached hydrogens (tertiary/aromatic N) is 2. The van der Waals surface area contributed by atoms with E-state index in [2.05, 4.69) is 17.1 Å². The van der Waals surface area contributed by atoms with Crippen LogP contribution in [-0.4, -0.2) is 16.1 Å². The number of carbonyl (C=O) groups is 1. The first-order valence-corrected chi connectivity index (χ1v) is 9.17. The predicted octanol–water partition coefficient (Wildman–Crippen LogP) is 4.56. The number of pyridine rings is 1. The highest BCUT2D eigenvalue weighted by molar-refractivity contribution is 8.02. The standard InChI is InChI=1S/C18H14N2O2S2/c19-11-13-8-9-14(15-7-4-10-23-15)20-17(13)24-16(18(21)22)12-5-2-1-3-6-12/h1-6,8-10,15-16H,7H2,(H,21,22)/t15-,16-/m1/s1. The molecule has 0 saturated heterocycles. The molecule has 0 unspecified atom stereocenters. The van der Waals surface area contributed by atoms with E-state index < -0.39 is 11.2 Å². The van der Waals surface area contributed by atoms with E-state index in [1.165, 1.54) is 0 Å². The van der Waals surface area contributed by atoms with Crippen LogP contribution in [0.2, 0.25) is 0 Å². The van der Waals surface area contributed by atoms with Crippen LogP contribution in [0.4, 0.5) is 0 Å². The first kappa shape index (κ1) is 16.6. The molecule has 2 aromatic rings. The Balaban J connectivity index is 1.93. The average molecular weight is 354 g/mol. The van der Waals surface area contributed by atoms with Crippen molar-refractivity contribution in [1.29, 1.82) is 5.26 Å². The summed E-state index contributed by atoms with van der Waals surface area (Å²) in [5, 5.41) is 20.9. The summed E-state index contributed by atoms with van der Waals surface area (Å²) in [6, 6.07) is 14.7. The topological polar surface area (TPSA) is 74.0 Å². The highest BCUT2D eigenvalue weighted by Crippen LogP contribution is 2.40. The zero-order valence-corrected chi connectivity index (χ0v) is 14.3. The molecule has 6 heteroatoms. The molecule has 3 rings (SSSR count). The minimum atomic E-state index is -0.945. The highest BCUT2D eigenvalue weighted by Gasteiger charge is 2.24. The van der Waals surface area contributed by atoms with Crippen LogP contribution < -0.4 is 0 Å². The second-order valence-electron chi connectivity index (χ2n) is 5.18. The van der Waals surface area contributed by atoms with Crippen molar-refractivity contribution in [2.45, 2.75) is 21.9 Å². The SMILES string of the molecule is N#Cc1ccc([C@H]2CC=CS2)nc1S[C@@H](C(=O)O)c1ccccc1. The van der Waals surface area contributed by atoms with Gasteiger partial charge < -0.3 is 5.11 Å². The van der Waals surface area contributed by atoms with Gasteiger partial charge in [0.05, 0.1) is 16.5 Å². The van der Waals surface area contributed by atoms with Gasteiger partial charge in [0.25, 0.3) is 0 Å². The van der Waals surface area contributed by atoms with Crippen LogP contribution in [0.15, 0.2) is 59.0 Å². The van der Waals surface area contributed by atoms with E-state index in [0.717, 1.165) is 23.9 Å². The molecule has 1 aliphatic heterocycles. The van der Waals surface area contributed by atoms with E-state index in [9.17, 15) is 15.2 Å². The van der Waals surface area contributed by atoms with E-state index in [1.54, 1.807) is 30.0 Å². The van der Waals surface area contributed by atoms with Gasteiger partial charge in [-0.05, 0) is 29.5 Å². The van der Waals surface area contributed by atoms with Crippen molar-refractivity contribution in [1.82, 2.24) is 4.98 Å². The normalized spacial score (nSPS) is 17.4. The third-order valence-corrected chi connectivity index (χ3v) is 5.93. The van der Waals surface area contributed by atoms with Crippen molar-refractivity contribution in [3.63, 3.8) is 0 Å². The molecule has 0 aliphatic carbocycles. The highest BCUT2D eigenvalue weighted by atomic mass is 32.2. The lowest BCUT2D eigenvalue weighted by atomic mass is 10.1. The molecule has 0 fully saturated rings. The van der Waals surface area contributed by atoms with Gasteiger partial charge >= 0.3 is 5.97 Å². The zero-order chi connectivity index (χ0) is 16.9. The first-order valence-electron chi connectivity index (χ1n) is 7.35. The van der Waals surface area contributed by atoms with Gasteiger partial charge in [-0.3, -0.25) is 4.79 Å². The average Bonchev–Trinajstić information content (AvgIpc) is 3.14. The van der Waals surface area contributed by atoms with Crippen LogP contribution in [0.3, 0.4) is 0 Å². The Morgan fingerprint density at radius 3 is 2.75 bits per heavy atom. The van der Waals surface area contributed by atoms with Gasteiger partial charge in [0, 0.05) is 0 Å². The number of aliphatic carboxylic acids is 1. The van der Waals surface area contributed by atoms with Gasteiger partial charge in [0.1, 0.15) is 16.3 Å². The Labute approximate surface area is 148 Å². The summed E-state index contributed by atoms with van der Waals surface area (Å²) >= 11 is 2.80. The third kappa shape index (κ3) is 3.64. The molecule has 0 radical (unpaired) electrons. The number of rotatable bonds is 5. The fourth-order valence-corrected chi connectivity index (χ4v) is 4.31. The number of hydrogen-bond acceptors (Lipinski definition) is 5. The van der Waals surface area contributed by atoms with Crippen LogP contribution in [0, 0.1) is 11.3 Å². The molecule has 2 heterocycles. The van der Waals surface area contributed by atoms with Crippen LogP contribution in [0.1, 0.15) is 33.7 Å². The Morgan fingerprint density at radius 2 is 2.12 bits per heavy atom. The molecule has 4 nitrogen and oxygen atoms in total. The molecule has 1 aliphatic rings. The monoisotopic (exact) mass is 354 g/mol. The summed E-state index contributed by atoms with van der Waals surface area (Å²) in [6.45, 7) is 0. The second kappa shape index (κ2) is 7.56. The quantitative estimate of drug-likeness (QED) is 0.793. The third-order valence-electron chi connectivity index (χ3n) is 3.58. The lowest BCUT2D eigenvalue weighted by Gasteiger charge is -2.15. The minimum Gasteiger partial charge on any atom is -0.480 e. The minimum absolute atomic E-state index is 0.233. The number of nitriles is 1. The largest absolute Gasteiger partial charge is 0.480 e. The molecular formula is C18H14N2O2S2. The molecule has 0 bridgehead atoms. The maximum absolute atomic E-state index is 11.7. The second-order valence-corrected chi connectivity index (χ2v) is 7.39. The van der Waals surface area contributed by atoms with Gasteiger partial charge in [0.15, 0.2) is 0 Å². The number of thioether (sulfide) groups is 2. The predicted molar refractivity (Wildman–Crippen MR) is 95.7 cm³/mol. The van der Waals surface area contributed by atoms with Crippen molar-refractivity contribution in [2.75, 3.05) is 0 Å². The molecule has 1 aromatic heterocycles. The molecule has 24 heavy (non-hydrogen) atoms. The molecule has 0 amide bonds. The van der Waals surface area contributed by atoms with Crippen LogP contribution in [-0.2, 0) is 4.79 Å². The zero-order valence-electron chi connectivity index (χ0n) is 12.6. The fraction of sp³-hybridized carbons (Fsp3) is 0.167. The molecular weight excluding hydrogens is 340 g/mol. The summed E-state index contributed by atoms with van der Waals surface area (Å²) in [5.41, 5.74) is 1.97. The molecule has 1 N–H and O–H groups in total. The Bertz CT molecular complexity index is 808. The lowest BCUT2D eigenvalue weighted by molar-refractivity contribution is -0.136. The lowest BCUT2D eigenvalue weighted by Crippen LogP contribution is -2.09. The Kier molecular flexibility index (Phi) is 5.24. The number of benzene rings is 1. The summed E-state index contributed by atoms with van der Waals surface area (Å²) < 4.78 is 0. The maximum atomic E-state index is 11.7. The van der Waals surface area contributed by atoms with E-state index in [1.807, 2.05) is 29.7 Å². The van der Waals surface area contributed by atoms with Gasteiger partial charge in [-0.1, -0.05) is 48.2 Å². The summed E-state index contributed by atoms with van der Waals surface area (Å²) in [7, 11) is 0. The number of hydrogen-bond donors (Lipinski definition) is 1. The van der Waals surface area contributed by atoms with Crippen molar-refractivity contribution < 1.29 is 9.90 Å². The smallest absolute Gasteiger partial charge is 0.321 e. The number of carboxylic acids is 1. The van der Waals surface area contributed by atoms with Crippen LogP contribution in [0.25, 0.3) is 0 Å². The molecule has 1 aromatic carbocycles. The van der Waals surface area contributed by atoms with E-state index in [0.29, 0.717) is 16.2 Å². The van der Waals surface area contributed by atoms with Gasteiger partial charge in [-0.25, -0.2) is 4.98 Å².